The fourth-order valence-corrected chi connectivity index (χ4v) is 1.71. The molecule has 1 rings (SSSR count). The Hall–Kier alpha value is -1.06. The van der Waals surface area contributed by atoms with Crippen LogP contribution in [0.5, 0.6) is 0 Å². The van der Waals surface area contributed by atoms with Crippen LogP contribution in [0.4, 0.5) is 0 Å². The molecule has 0 amide bonds. The van der Waals surface area contributed by atoms with Crippen LogP contribution >= 0.6 is 0 Å². The van der Waals surface area contributed by atoms with Gasteiger partial charge in [0.25, 0.3) is 0 Å². The van der Waals surface area contributed by atoms with Crippen LogP contribution in [-0.2, 0) is 0 Å². The highest BCUT2D eigenvalue weighted by Crippen LogP contribution is 2.19. The predicted octanol–water partition coefficient (Wildman–Crippen LogP) is 1.57. The van der Waals surface area contributed by atoms with Crippen molar-refractivity contribution in [1.29, 1.82) is 10.5 Å². The second-order valence-corrected chi connectivity index (χ2v) is 3.67. The maximum atomic E-state index is 8.82. The summed E-state index contributed by atoms with van der Waals surface area (Å²) in [5.74, 6) is -0.217. The SMILES string of the molecule is CC(C#N)C(C#N)NC1CCCC1. The van der Waals surface area contributed by atoms with Gasteiger partial charge in [-0.05, 0) is 19.8 Å². The van der Waals surface area contributed by atoms with E-state index in [-0.39, 0.29) is 12.0 Å². The topological polar surface area (TPSA) is 59.6 Å². The van der Waals surface area contributed by atoms with E-state index in [1.54, 1.807) is 6.92 Å². The summed E-state index contributed by atoms with van der Waals surface area (Å²) in [4.78, 5) is 0. The van der Waals surface area contributed by atoms with Crippen LogP contribution in [0.2, 0.25) is 0 Å². The minimum atomic E-state index is -0.298. The molecule has 2 atom stereocenters. The van der Waals surface area contributed by atoms with Gasteiger partial charge in [0, 0.05) is 6.04 Å². The molecule has 3 heteroatoms. The molecule has 1 aliphatic rings. The second kappa shape index (κ2) is 4.84. The molecular formula is C10H15N3. The Morgan fingerprint density at radius 2 is 1.85 bits per heavy atom. The van der Waals surface area contributed by atoms with E-state index in [9.17, 15) is 0 Å². The minimum Gasteiger partial charge on any atom is -0.298 e. The third-order valence-electron chi connectivity index (χ3n) is 2.61. The number of hydrogen-bond acceptors (Lipinski definition) is 3. The molecule has 0 aromatic carbocycles. The van der Waals surface area contributed by atoms with Crippen molar-refractivity contribution in [1.82, 2.24) is 5.32 Å². The van der Waals surface area contributed by atoms with Crippen LogP contribution in [0.1, 0.15) is 32.6 Å². The van der Waals surface area contributed by atoms with E-state index >= 15 is 0 Å². The zero-order chi connectivity index (χ0) is 9.68. The highest BCUT2D eigenvalue weighted by molar-refractivity contribution is 5.02. The number of hydrogen-bond donors (Lipinski definition) is 1. The third kappa shape index (κ3) is 2.72. The number of nitriles is 2. The number of nitrogens with zero attached hydrogens (tertiary/aromatic N) is 2. The molecule has 0 aromatic heterocycles. The Bertz CT molecular complexity index is 230. The van der Waals surface area contributed by atoms with Gasteiger partial charge in [-0.1, -0.05) is 12.8 Å². The van der Waals surface area contributed by atoms with Crippen LogP contribution in [-0.4, -0.2) is 12.1 Å². The van der Waals surface area contributed by atoms with Crippen molar-refractivity contribution >= 4 is 0 Å². The Morgan fingerprint density at radius 3 is 2.31 bits per heavy atom. The molecule has 0 aliphatic heterocycles. The Balaban J connectivity index is 2.40. The average molecular weight is 177 g/mol. The third-order valence-corrected chi connectivity index (χ3v) is 2.61. The molecule has 2 unspecified atom stereocenters. The maximum absolute atomic E-state index is 8.82. The van der Waals surface area contributed by atoms with E-state index in [1.807, 2.05) is 0 Å². The lowest BCUT2D eigenvalue weighted by Crippen LogP contribution is -2.39. The van der Waals surface area contributed by atoms with Crippen molar-refractivity contribution < 1.29 is 0 Å². The summed E-state index contributed by atoms with van der Waals surface area (Å²) in [7, 11) is 0. The van der Waals surface area contributed by atoms with Crippen molar-refractivity contribution in [3.63, 3.8) is 0 Å². The molecule has 1 fully saturated rings. The quantitative estimate of drug-likeness (QED) is 0.711. The molecule has 1 saturated carbocycles. The Morgan fingerprint density at radius 1 is 1.23 bits per heavy atom. The lowest BCUT2D eigenvalue weighted by Gasteiger charge is -2.18. The van der Waals surface area contributed by atoms with Crippen molar-refractivity contribution in [3.8, 4) is 12.1 Å². The molecule has 0 spiro atoms. The number of nitrogens with one attached hydrogen (secondary N) is 1. The summed E-state index contributed by atoms with van der Waals surface area (Å²) in [6, 6.07) is 4.41. The van der Waals surface area contributed by atoms with Gasteiger partial charge in [0.05, 0.1) is 18.1 Å². The van der Waals surface area contributed by atoms with E-state index in [4.69, 9.17) is 10.5 Å². The van der Waals surface area contributed by atoms with Crippen LogP contribution in [0.3, 0.4) is 0 Å². The standard InChI is InChI=1S/C10H15N3/c1-8(6-11)10(7-12)13-9-4-2-3-5-9/h8-10,13H,2-5H2,1H3. The predicted molar refractivity (Wildman–Crippen MR) is 49.6 cm³/mol. The minimum absolute atomic E-state index is 0.217. The first kappa shape index (κ1) is 10.0. The monoisotopic (exact) mass is 177 g/mol. The summed E-state index contributed by atoms with van der Waals surface area (Å²) in [6.07, 6.45) is 4.79. The van der Waals surface area contributed by atoms with Gasteiger partial charge in [-0.25, -0.2) is 0 Å². The molecule has 1 N–H and O–H groups in total. The van der Waals surface area contributed by atoms with Gasteiger partial charge in [-0.3, -0.25) is 5.32 Å². The molecule has 3 nitrogen and oxygen atoms in total. The van der Waals surface area contributed by atoms with Gasteiger partial charge in [0.1, 0.15) is 6.04 Å². The van der Waals surface area contributed by atoms with E-state index in [0.717, 1.165) is 12.8 Å². The van der Waals surface area contributed by atoms with Crippen molar-refractivity contribution in [3.05, 3.63) is 0 Å². The highest BCUT2D eigenvalue weighted by Gasteiger charge is 2.22. The molecule has 13 heavy (non-hydrogen) atoms. The zero-order valence-corrected chi connectivity index (χ0v) is 7.95. The van der Waals surface area contributed by atoms with Crippen molar-refractivity contribution in [2.24, 2.45) is 5.92 Å². The van der Waals surface area contributed by atoms with Gasteiger partial charge in [0.2, 0.25) is 0 Å². The van der Waals surface area contributed by atoms with E-state index < -0.39 is 0 Å². The maximum Gasteiger partial charge on any atom is 0.111 e. The van der Waals surface area contributed by atoms with Crippen molar-refractivity contribution in [2.45, 2.75) is 44.7 Å². The normalized spacial score (nSPS) is 21.8. The first-order valence-corrected chi connectivity index (χ1v) is 4.83. The first-order valence-electron chi connectivity index (χ1n) is 4.83. The summed E-state index contributed by atoms with van der Waals surface area (Å²) in [5, 5.41) is 20.7. The van der Waals surface area contributed by atoms with Gasteiger partial charge < -0.3 is 0 Å². The lowest BCUT2D eigenvalue weighted by molar-refractivity contribution is 0.436. The summed E-state index contributed by atoms with van der Waals surface area (Å²) in [5.41, 5.74) is 0. The molecule has 0 saturated heterocycles. The van der Waals surface area contributed by atoms with Crippen LogP contribution in [0, 0.1) is 28.6 Å². The first-order chi connectivity index (χ1) is 6.27. The average Bonchev–Trinajstić information content (AvgIpc) is 2.65. The largest absolute Gasteiger partial charge is 0.298 e. The van der Waals surface area contributed by atoms with E-state index in [1.165, 1.54) is 12.8 Å². The fraction of sp³-hybridized carbons (Fsp3) is 0.800. The van der Waals surface area contributed by atoms with Gasteiger partial charge in [-0.15, -0.1) is 0 Å². The zero-order valence-electron chi connectivity index (χ0n) is 7.95. The van der Waals surface area contributed by atoms with Gasteiger partial charge in [-0.2, -0.15) is 10.5 Å². The summed E-state index contributed by atoms with van der Waals surface area (Å²) >= 11 is 0. The smallest absolute Gasteiger partial charge is 0.111 e. The molecular weight excluding hydrogens is 162 g/mol. The Labute approximate surface area is 79.4 Å². The van der Waals surface area contributed by atoms with Crippen LogP contribution in [0.15, 0.2) is 0 Å². The summed E-state index contributed by atoms with van der Waals surface area (Å²) < 4.78 is 0. The fourth-order valence-electron chi connectivity index (χ4n) is 1.71. The molecule has 70 valence electrons. The molecule has 0 bridgehead atoms. The van der Waals surface area contributed by atoms with Crippen LogP contribution in [0.25, 0.3) is 0 Å². The number of rotatable bonds is 3. The van der Waals surface area contributed by atoms with E-state index in [0.29, 0.717) is 6.04 Å². The Kier molecular flexibility index (Phi) is 3.73. The van der Waals surface area contributed by atoms with Gasteiger partial charge in [0.15, 0.2) is 0 Å². The second-order valence-electron chi connectivity index (χ2n) is 3.67. The molecule has 0 aromatic rings. The van der Waals surface area contributed by atoms with E-state index in [2.05, 4.69) is 17.5 Å². The van der Waals surface area contributed by atoms with Crippen molar-refractivity contribution in [2.75, 3.05) is 0 Å². The molecule has 0 radical (unpaired) electrons. The highest BCUT2D eigenvalue weighted by atomic mass is 15.0. The van der Waals surface area contributed by atoms with Gasteiger partial charge >= 0.3 is 0 Å². The lowest BCUT2D eigenvalue weighted by atomic mass is 10.0. The summed E-state index contributed by atoms with van der Waals surface area (Å²) in [6.45, 7) is 1.79. The molecule has 0 heterocycles. The van der Waals surface area contributed by atoms with Crippen LogP contribution < -0.4 is 5.32 Å². The molecule has 1 aliphatic carbocycles.